The van der Waals surface area contributed by atoms with Gasteiger partial charge in [-0.25, -0.2) is 0 Å². The summed E-state index contributed by atoms with van der Waals surface area (Å²) in [6, 6.07) is 0.496. The van der Waals surface area contributed by atoms with E-state index < -0.39 is 5.54 Å². The van der Waals surface area contributed by atoms with Crippen LogP contribution in [0.3, 0.4) is 0 Å². The summed E-state index contributed by atoms with van der Waals surface area (Å²) in [5.41, 5.74) is 5.78. The highest BCUT2D eigenvalue weighted by Gasteiger charge is 2.43. The molecule has 0 aromatic carbocycles. The number of nitrogens with two attached hydrogens (primary N) is 1. The maximum absolute atomic E-state index is 12.5. The Labute approximate surface area is 98.4 Å². The molecule has 2 rings (SSSR count). The third-order valence-electron chi connectivity index (χ3n) is 4.05. The van der Waals surface area contributed by atoms with Gasteiger partial charge in [0, 0.05) is 12.6 Å². The van der Waals surface area contributed by atoms with E-state index in [9.17, 15) is 4.79 Å². The minimum absolute atomic E-state index is 0.212. The third kappa shape index (κ3) is 2.24. The zero-order valence-electron chi connectivity index (χ0n) is 10.5. The smallest absolute Gasteiger partial charge is 0.242 e. The third-order valence-corrected chi connectivity index (χ3v) is 4.05. The molecule has 16 heavy (non-hydrogen) atoms. The molecular formula is C13H24N2O. The average Bonchev–Trinajstić information content (AvgIpc) is 3.02. The van der Waals surface area contributed by atoms with Crippen molar-refractivity contribution in [2.24, 2.45) is 11.7 Å². The van der Waals surface area contributed by atoms with Gasteiger partial charge in [-0.2, -0.15) is 0 Å². The summed E-state index contributed by atoms with van der Waals surface area (Å²) < 4.78 is 0. The molecule has 0 heterocycles. The summed E-state index contributed by atoms with van der Waals surface area (Å²) in [6.07, 6.45) is 6.41. The van der Waals surface area contributed by atoms with Gasteiger partial charge in [0.2, 0.25) is 5.91 Å². The molecule has 2 aliphatic carbocycles. The lowest BCUT2D eigenvalue weighted by Crippen LogP contribution is -2.57. The van der Waals surface area contributed by atoms with E-state index in [1.54, 1.807) is 0 Å². The van der Waals surface area contributed by atoms with Crippen LogP contribution in [0, 0.1) is 5.92 Å². The maximum Gasteiger partial charge on any atom is 0.242 e. The van der Waals surface area contributed by atoms with Crippen molar-refractivity contribution in [3.63, 3.8) is 0 Å². The molecule has 2 saturated carbocycles. The number of hydrogen-bond acceptors (Lipinski definition) is 2. The summed E-state index contributed by atoms with van der Waals surface area (Å²) in [7, 11) is 0. The molecule has 2 unspecified atom stereocenters. The Bertz CT molecular complexity index is 275. The molecule has 2 fully saturated rings. The first-order valence-corrected chi connectivity index (χ1v) is 6.67. The van der Waals surface area contributed by atoms with E-state index in [4.69, 9.17) is 5.73 Å². The quantitative estimate of drug-likeness (QED) is 0.796. The standard InChI is InChI=1S/C13H24N2O/c1-3-15(11-6-7-11)12(16)13(14)8-4-5-10(2)9-13/h10-11H,3-9,14H2,1-2H3. The molecule has 2 N–H and O–H groups in total. The first kappa shape index (κ1) is 11.9. The van der Waals surface area contributed by atoms with Crippen LogP contribution in [0.1, 0.15) is 52.4 Å². The lowest BCUT2D eigenvalue weighted by atomic mass is 9.76. The highest BCUT2D eigenvalue weighted by atomic mass is 16.2. The van der Waals surface area contributed by atoms with Crippen LogP contribution in [0.4, 0.5) is 0 Å². The Morgan fingerprint density at radius 1 is 1.44 bits per heavy atom. The first-order valence-electron chi connectivity index (χ1n) is 6.67. The Morgan fingerprint density at radius 2 is 2.12 bits per heavy atom. The molecule has 0 aliphatic heterocycles. The van der Waals surface area contributed by atoms with Crippen LogP contribution in [-0.2, 0) is 4.79 Å². The van der Waals surface area contributed by atoms with Gasteiger partial charge in [-0.05, 0) is 38.5 Å². The van der Waals surface area contributed by atoms with Gasteiger partial charge in [0.1, 0.15) is 0 Å². The second-order valence-electron chi connectivity index (χ2n) is 5.68. The van der Waals surface area contributed by atoms with E-state index in [-0.39, 0.29) is 5.91 Å². The minimum atomic E-state index is -0.559. The number of rotatable bonds is 3. The Morgan fingerprint density at radius 3 is 2.62 bits per heavy atom. The van der Waals surface area contributed by atoms with Crippen LogP contribution in [0.2, 0.25) is 0 Å². The van der Waals surface area contributed by atoms with Crippen molar-refractivity contribution in [2.45, 2.75) is 64.0 Å². The minimum Gasteiger partial charge on any atom is -0.338 e. The summed E-state index contributed by atoms with van der Waals surface area (Å²) in [6.45, 7) is 5.09. The zero-order chi connectivity index (χ0) is 11.8. The molecular weight excluding hydrogens is 200 g/mol. The molecule has 0 aromatic heterocycles. The molecule has 0 bridgehead atoms. The predicted molar refractivity (Wildman–Crippen MR) is 65.0 cm³/mol. The van der Waals surface area contributed by atoms with Crippen molar-refractivity contribution in [2.75, 3.05) is 6.54 Å². The number of hydrogen-bond donors (Lipinski definition) is 1. The molecule has 3 heteroatoms. The molecule has 3 nitrogen and oxygen atoms in total. The van der Waals surface area contributed by atoms with Crippen molar-refractivity contribution in [3.05, 3.63) is 0 Å². The molecule has 2 atom stereocenters. The maximum atomic E-state index is 12.5. The Kier molecular flexibility index (Phi) is 3.24. The molecule has 1 amide bonds. The average molecular weight is 224 g/mol. The number of likely N-dealkylation sites (N-methyl/N-ethyl adjacent to an activating group) is 1. The van der Waals surface area contributed by atoms with E-state index in [0.717, 1.165) is 25.8 Å². The fourth-order valence-corrected chi connectivity index (χ4v) is 3.03. The van der Waals surface area contributed by atoms with Crippen molar-refractivity contribution >= 4 is 5.91 Å². The van der Waals surface area contributed by atoms with E-state index in [1.165, 1.54) is 19.3 Å². The second kappa shape index (κ2) is 4.36. The first-order chi connectivity index (χ1) is 7.57. The van der Waals surface area contributed by atoms with Gasteiger partial charge >= 0.3 is 0 Å². The van der Waals surface area contributed by atoms with Crippen molar-refractivity contribution in [1.82, 2.24) is 4.90 Å². The van der Waals surface area contributed by atoms with Gasteiger partial charge < -0.3 is 10.6 Å². The molecule has 2 aliphatic rings. The molecule has 0 spiro atoms. The number of carbonyl (C=O) groups is 1. The highest BCUT2D eigenvalue weighted by Crippen LogP contribution is 2.35. The Hall–Kier alpha value is -0.570. The van der Waals surface area contributed by atoms with Gasteiger partial charge in [0.25, 0.3) is 0 Å². The van der Waals surface area contributed by atoms with E-state index in [0.29, 0.717) is 12.0 Å². The number of carbonyl (C=O) groups excluding carboxylic acids is 1. The SMILES string of the molecule is CCN(C(=O)C1(N)CCCC(C)C1)C1CC1. The van der Waals surface area contributed by atoms with Crippen LogP contribution in [-0.4, -0.2) is 28.9 Å². The number of amides is 1. The van der Waals surface area contributed by atoms with Gasteiger partial charge in [0.15, 0.2) is 0 Å². The van der Waals surface area contributed by atoms with Gasteiger partial charge in [-0.1, -0.05) is 19.8 Å². The van der Waals surface area contributed by atoms with Crippen LogP contribution in [0.15, 0.2) is 0 Å². The second-order valence-corrected chi connectivity index (χ2v) is 5.68. The summed E-state index contributed by atoms with van der Waals surface area (Å²) in [4.78, 5) is 14.5. The summed E-state index contributed by atoms with van der Waals surface area (Å²) >= 11 is 0. The van der Waals surface area contributed by atoms with Crippen LogP contribution < -0.4 is 5.73 Å². The normalized spacial score (nSPS) is 34.8. The predicted octanol–water partition coefficient (Wildman–Crippen LogP) is 1.90. The zero-order valence-corrected chi connectivity index (χ0v) is 10.5. The lowest BCUT2D eigenvalue weighted by Gasteiger charge is -2.39. The fraction of sp³-hybridized carbons (Fsp3) is 0.923. The fourth-order valence-electron chi connectivity index (χ4n) is 3.03. The molecule has 0 saturated heterocycles. The largest absolute Gasteiger partial charge is 0.338 e. The van der Waals surface area contributed by atoms with Crippen molar-refractivity contribution in [3.8, 4) is 0 Å². The molecule has 92 valence electrons. The van der Waals surface area contributed by atoms with Gasteiger partial charge in [-0.15, -0.1) is 0 Å². The van der Waals surface area contributed by atoms with Gasteiger partial charge in [0.05, 0.1) is 5.54 Å². The lowest BCUT2D eigenvalue weighted by molar-refractivity contribution is -0.139. The van der Waals surface area contributed by atoms with Crippen LogP contribution in [0.25, 0.3) is 0 Å². The van der Waals surface area contributed by atoms with Crippen molar-refractivity contribution < 1.29 is 4.79 Å². The number of nitrogens with zero attached hydrogens (tertiary/aromatic N) is 1. The van der Waals surface area contributed by atoms with E-state index in [2.05, 4.69) is 13.8 Å². The van der Waals surface area contributed by atoms with Crippen LogP contribution in [0.5, 0.6) is 0 Å². The van der Waals surface area contributed by atoms with E-state index in [1.807, 2.05) is 4.90 Å². The molecule has 0 aromatic rings. The van der Waals surface area contributed by atoms with E-state index >= 15 is 0 Å². The Balaban J connectivity index is 2.05. The monoisotopic (exact) mass is 224 g/mol. The molecule has 0 radical (unpaired) electrons. The van der Waals surface area contributed by atoms with Crippen molar-refractivity contribution in [1.29, 1.82) is 0 Å². The summed E-state index contributed by atoms with van der Waals surface area (Å²) in [5, 5.41) is 0. The van der Waals surface area contributed by atoms with Crippen LogP contribution >= 0.6 is 0 Å². The van der Waals surface area contributed by atoms with Gasteiger partial charge in [-0.3, -0.25) is 4.79 Å². The topological polar surface area (TPSA) is 46.3 Å². The highest BCUT2D eigenvalue weighted by molar-refractivity contribution is 5.86. The summed E-state index contributed by atoms with van der Waals surface area (Å²) in [5.74, 6) is 0.810.